The third-order valence-electron chi connectivity index (χ3n) is 4.22. The Labute approximate surface area is 145 Å². The second-order valence-electron chi connectivity index (χ2n) is 6.12. The number of nitrogens with two attached hydrogens (primary N) is 1. The molecule has 25 heavy (non-hydrogen) atoms. The number of hydrogen-bond donors (Lipinski definition) is 3. The van der Waals surface area contributed by atoms with Crippen LogP contribution in [0.25, 0.3) is 10.9 Å². The molecule has 0 bridgehead atoms. The van der Waals surface area contributed by atoms with Crippen LogP contribution >= 0.6 is 0 Å². The molecular formula is C18H20N6O. The molecule has 0 spiro atoms. The van der Waals surface area contributed by atoms with E-state index in [0.717, 1.165) is 35.1 Å². The first-order valence-corrected chi connectivity index (χ1v) is 8.11. The number of pyridine rings is 1. The number of aromatic amines is 2. The number of nitriles is 1. The van der Waals surface area contributed by atoms with Crippen molar-refractivity contribution in [3.8, 4) is 6.07 Å². The van der Waals surface area contributed by atoms with Gasteiger partial charge in [-0.2, -0.15) is 10.4 Å². The van der Waals surface area contributed by atoms with Gasteiger partial charge in [0.25, 0.3) is 0 Å². The van der Waals surface area contributed by atoms with E-state index in [-0.39, 0.29) is 11.4 Å². The standard InChI is InChI=1S/C18H20N6O/c1-24(8-4-7-16-14(10-19)18(20)23-22-16)11-12-9-17(25)21-15-6-3-2-5-13(12)15/h2-3,5-6,9H,4,7-8,11H2,1H3,(H,21,25)(H3,20,22,23). The average molecular weight is 336 g/mol. The second-order valence-corrected chi connectivity index (χ2v) is 6.12. The highest BCUT2D eigenvalue weighted by atomic mass is 16.1. The van der Waals surface area contributed by atoms with Crippen LogP contribution in [0.15, 0.2) is 35.1 Å². The maximum atomic E-state index is 11.8. The summed E-state index contributed by atoms with van der Waals surface area (Å²) in [6.45, 7) is 1.51. The molecule has 2 heterocycles. The largest absolute Gasteiger partial charge is 0.381 e. The summed E-state index contributed by atoms with van der Waals surface area (Å²) in [6.07, 6.45) is 1.56. The molecule has 128 valence electrons. The number of nitrogen functional groups attached to an aromatic ring is 1. The highest BCUT2D eigenvalue weighted by Gasteiger charge is 2.11. The number of para-hydroxylation sites is 1. The molecule has 3 rings (SSSR count). The summed E-state index contributed by atoms with van der Waals surface area (Å²) in [6, 6.07) is 11.5. The molecule has 0 saturated carbocycles. The van der Waals surface area contributed by atoms with Gasteiger partial charge < -0.3 is 15.6 Å². The maximum absolute atomic E-state index is 11.8. The van der Waals surface area contributed by atoms with Crippen molar-refractivity contribution in [2.75, 3.05) is 19.3 Å². The van der Waals surface area contributed by atoms with E-state index in [1.54, 1.807) is 6.07 Å². The van der Waals surface area contributed by atoms with Crippen molar-refractivity contribution in [2.45, 2.75) is 19.4 Å². The summed E-state index contributed by atoms with van der Waals surface area (Å²) < 4.78 is 0. The Hall–Kier alpha value is -3.11. The number of H-pyrrole nitrogens is 2. The summed E-state index contributed by atoms with van der Waals surface area (Å²) in [5, 5.41) is 16.8. The fourth-order valence-electron chi connectivity index (χ4n) is 3.00. The summed E-state index contributed by atoms with van der Waals surface area (Å²) in [7, 11) is 2.02. The van der Waals surface area contributed by atoms with Crippen LogP contribution < -0.4 is 11.3 Å². The fraction of sp³-hybridized carbons (Fsp3) is 0.278. The van der Waals surface area contributed by atoms with Gasteiger partial charge in [-0.3, -0.25) is 9.89 Å². The zero-order valence-corrected chi connectivity index (χ0v) is 14.0. The van der Waals surface area contributed by atoms with E-state index in [9.17, 15) is 4.79 Å². The van der Waals surface area contributed by atoms with Crippen LogP contribution in [0.5, 0.6) is 0 Å². The lowest BCUT2D eigenvalue weighted by molar-refractivity contribution is 0.322. The van der Waals surface area contributed by atoms with E-state index < -0.39 is 0 Å². The van der Waals surface area contributed by atoms with Gasteiger partial charge in [-0.1, -0.05) is 18.2 Å². The first-order chi connectivity index (χ1) is 12.1. The van der Waals surface area contributed by atoms with E-state index >= 15 is 0 Å². The van der Waals surface area contributed by atoms with Crippen LogP contribution in [0.3, 0.4) is 0 Å². The fourth-order valence-corrected chi connectivity index (χ4v) is 3.00. The molecule has 4 N–H and O–H groups in total. The molecule has 7 heteroatoms. The summed E-state index contributed by atoms with van der Waals surface area (Å²) in [5.41, 5.74) is 8.62. The van der Waals surface area contributed by atoms with Crippen molar-refractivity contribution in [2.24, 2.45) is 0 Å². The van der Waals surface area contributed by atoms with Gasteiger partial charge >= 0.3 is 0 Å². The predicted octanol–water partition coefficient (Wildman–Crippen LogP) is 1.77. The second kappa shape index (κ2) is 7.20. The molecule has 7 nitrogen and oxygen atoms in total. The third kappa shape index (κ3) is 3.70. The molecule has 0 unspecified atom stereocenters. The first kappa shape index (κ1) is 16.7. The van der Waals surface area contributed by atoms with Crippen molar-refractivity contribution in [3.63, 3.8) is 0 Å². The van der Waals surface area contributed by atoms with Crippen LogP contribution in [0, 0.1) is 11.3 Å². The number of fused-ring (bicyclic) bond motifs is 1. The normalized spacial score (nSPS) is 11.1. The van der Waals surface area contributed by atoms with Gasteiger partial charge in [0.15, 0.2) is 5.82 Å². The molecule has 2 aromatic heterocycles. The van der Waals surface area contributed by atoms with Gasteiger partial charge in [0.2, 0.25) is 5.56 Å². The van der Waals surface area contributed by atoms with Crippen molar-refractivity contribution in [1.29, 1.82) is 5.26 Å². The predicted molar refractivity (Wildman–Crippen MR) is 96.9 cm³/mol. The molecule has 0 aliphatic carbocycles. The summed E-state index contributed by atoms with van der Waals surface area (Å²) >= 11 is 0. The number of hydrogen-bond acceptors (Lipinski definition) is 5. The Balaban J connectivity index is 1.64. The van der Waals surface area contributed by atoms with Crippen molar-refractivity contribution >= 4 is 16.7 Å². The Morgan fingerprint density at radius 1 is 1.36 bits per heavy atom. The van der Waals surface area contributed by atoms with E-state index in [0.29, 0.717) is 18.5 Å². The molecule has 0 aliphatic heterocycles. The minimum absolute atomic E-state index is 0.0892. The Bertz CT molecular complexity index is 981. The summed E-state index contributed by atoms with van der Waals surface area (Å²) in [5.74, 6) is 0.251. The van der Waals surface area contributed by atoms with E-state index in [2.05, 4.69) is 26.2 Å². The van der Waals surface area contributed by atoms with E-state index in [4.69, 9.17) is 11.0 Å². The van der Waals surface area contributed by atoms with Gasteiger partial charge in [0, 0.05) is 23.5 Å². The maximum Gasteiger partial charge on any atom is 0.248 e. The molecule has 3 aromatic rings. The lowest BCUT2D eigenvalue weighted by Crippen LogP contribution is -2.21. The Morgan fingerprint density at radius 3 is 2.96 bits per heavy atom. The smallest absolute Gasteiger partial charge is 0.248 e. The highest BCUT2D eigenvalue weighted by molar-refractivity contribution is 5.81. The van der Waals surface area contributed by atoms with Gasteiger partial charge in [-0.25, -0.2) is 0 Å². The first-order valence-electron chi connectivity index (χ1n) is 8.11. The van der Waals surface area contributed by atoms with Gasteiger partial charge in [0.05, 0.1) is 5.69 Å². The molecule has 0 amide bonds. The minimum atomic E-state index is -0.0892. The van der Waals surface area contributed by atoms with Crippen LogP contribution in [-0.4, -0.2) is 33.7 Å². The number of rotatable bonds is 6. The number of nitrogens with zero attached hydrogens (tertiary/aromatic N) is 3. The van der Waals surface area contributed by atoms with Gasteiger partial charge in [-0.15, -0.1) is 0 Å². The zero-order chi connectivity index (χ0) is 17.8. The Kier molecular flexibility index (Phi) is 4.82. The van der Waals surface area contributed by atoms with Crippen molar-refractivity contribution in [1.82, 2.24) is 20.1 Å². The van der Waals surface area contributed by atoms with Crippen LogP contribution in [0.2, 0.25) is 0 Å². The topological polar surface area (TPSA) is 115 Å². The Morgan fingerprint density at radius 2 is 2.16 bits per heavy atom. The van der Waals surface area contributed by atoms with Crippen molar-refractivity contribution in [3.05, 3.63) is 57.5 Å². The molecule has 0 radical (unpaired) electrons. The average Bonchev–Trinajstić information content (AvgIpc) is 2.94. The van der Waals surface area contributed by atoms with E-state index in [1.807, 2.05) is 31.3 Å². The molecular weight excluding hydrogens is 316 g/mol. The van der Waals surface area contributed by atoms with E-state index in [1.165, 1.54) is 0 Å². The highest BCUT2D eigenvalue weighted by Crippen LogP contribution is 2.17. The lowest BCUT2D eigenvalue weighted by atomic mass is 10.1. The SMILES string of the molecule is CN(CCCc1[nH]nc(N)c1C#N)Cc1cc(=O)[nH]c2ccccc12. The third-order valence-corrected chi connectivity index (χ3v) is 4.22. The number of aryl methyl sites for hydroxylation is 1. The quantitative estimate of drug-likeness (QED) is 0.634. The monoisotopic (exact) mass is 336 g/mol. The van der Waals surface area contributed by atoms with Crippen LogP contribution in [0.1, 0.15) is 23.2 Å². The minimum Gasteiger partial charge on any atom is -0.381 e. The van der Waals surface area contributed by atoms with Gasteiger partial charge in [0.1, 0.15) is 11.6 Å². The number of benzene rings is 1. The number of anilines is 1. The molecule has 0 fully saturated rings. The molecule has 1 aromatic carbocycles. The lowest BCUT2D eigenvalue weighted by Gasteiger charge is -2.17. The summed E-state index contributed by atoms with van der Waals surface area (Å²) in [4.78, 5) is 16.8. The molecule has 0 saturated heterocycles. The van der Waals surface area contributed by atoms with Crippen LogP contribution in [-0.2, 0) is 13.0 Å². The number of nitrogens with one attached hydrogen (secondary N) is 2. The molecule has 0 atom stereocenters. The number of aromatic nitrogens is 3. The van der Waals surface area contributed by atoms with Gasteiger partial charge in [-0.05, 0) is 38.1 Å². The van der Waals surface area contributed by atoms with Crippen molar-refractivity contribution < 1.29 is 0 Å². The van der Waals surface area contributed by atoms with Crippen LogP contribution in [0.4, 0.5) is 5.82 Å². The molecule has 0 aliphatic rings. The zero-order valence-electron chi connectivity index (χ0n) is 14.0.